The van der Waals surface area contributed by atoms with Crippen LogP contribution in [0.2, 0.25) is 0 Å². The number of halogens is 4. The van der Waals surface area contributed by atoms with Crippen LogP contribution in [0.5, 0.6) is 0 Å². The van der Waals surface area contributed by atoms with E-state index in [-0.39, 0.29) is 11.4 Å². The number of carbonyl (C=O) groups excluding carboxylic acids is 1. The molecule has 1 aromatic carbocycles. The SMILES string of the molecule is CC1(C)CC2(CCCN2C(=O)c2cnccc2C(F)(F)F)CN1c1ccc(F)cc1. The maximum absolute atomic E-state index is 13.5. The quantitative estimate of drug-likeness (QED) is 0.647. The third kappa shape index (κ3) is 3.42. The first kappa shape index (κ1) is 20.6. The number of hydrogen-bond donors (Lipinski definition) is 0. The van der Waals surface area contributed by atoms with Crippen LogP contribution in [0, 0.1) is 5.82 Å². The molecule has 0 saturated carbocycles. The van der Waals surface area contributed by atoms with E-state index in [2.05, 4.69) is 9.88 Å². The Labute approximate surface area is 172 Å². The highest BCUT2D eigenvalue weighted by Gasteiger charge is 2.55. The molecule has 1 spiro atoms. The summed E-state index contributed by atoms with van der Waals surface area (Å²) in [5.41, 5.74) is -1.47. The molecule has 1 amide bonds. The average molecular weight is 421 g/mol. The van der Waals surface area contributed by atoms with Crippen molar-refractivity contribution in [1.29, 1.82) is 0 Å². The predicted molar refractivity (Wildman–Crippen MR) is 105 cm³/mol. The zero-order valence-corrected chi connectivity index (χ0v) is 16.8. The van der Waals surface area contributed by atoms with E-state index in [1.165, 1.54) is 12.1 Å². The summed E-state index contributed by atoms with van der Waals surface area (Å²) < 4.78 is 53.8. The molecule has 1 unspecified atom stereocenters. The van der Waals surface area contributed by atoms with Crippen molar-refractivity contribution in [1.82, 2.24) is 9.88 Å². The van der Waals surface area contributed by atoms with Gasteiger partial charge in [0, 0.05) is 36.7 Å². The van der Waals surface area contributed by atoms with E-state index in [4.69, 9.17) is 0 Å². The zero-order valence-electron chi connectivity index (χ0n) is 16.8. The molecule has 0 radical (unpaired) electrons. The molecule has 2 aliphatic rings. The molecule has 160 valence electrons. The molecule has 2 aromatic rings. The van der Waals surface area contributed by atoms with Crippen molar-refractivity contribution in [3.05, 3.63) is 59.7 Å². The summed E-state index contributed by atoms with van der Waals surface area (Å²) in [7, 11) is 0. The monoisotopic (exact) mass is 421 g/mol. The summed E-state index contributed by atoms with van der Waals surface area (Å²) in [4.78, 5) is 20.8. The molecule has 1 atom stereocenters. The minimum absolute atomic E-state index is 0.334. The van der Waals surface area contributed by atoms with Gasteiger partial charge in [0.05, 0.1) is 16.7 Å². The number of pyridine rings is 1. The van der Waals surface area contributed by atoms with Crippen LogP contribution in [0.4, 0.5) is 23.2 Å². The lowest BCUT2D eigenvalue weighted by Gasteiger charge is -2.35. The highest BCUT2D eigenvalue weighted by Crippen LogP contribution is 2.47. The molecule has 4 nitrogen and oxygen atoms in total. The number of anilines is 1. The Balaban J connectivity index is 1.69. The maximum Gasteiger partial charge on any atom is 0.417 e. The number of carbonyl (C=O) groups is 1. The third-order valence-electron chi connectivity index (χ3n) is 6.28. The van der Waals surface area contributed by atoms with Crippen molar-refractivity contribution in [3.63, 3.8) is 0 Å². The lowest BCUT2D eigenvalue weighted by molar-refractivity contribution is -0.138. The second-order valence-electron chi connectivity index (χ2n) is 8.76. The Morgan fingerprint density at radius 1 is 1.13 bits per heavy atom. The number of nitrogens with zero attached hydrogens (tertiary/aromatic N) is 3. The molecule has 2 fully saturated rings. The number of hydrogen-bond acceptors (Lipinski definition) is 3. The molecule has 4 rings (SSSR count). The van der Waals surface area contributed by atoms with Gasteiger partial charge in [-0.25, -0.2) is 4.39 Å². The molecule has 30 heavy (non-hydrogen) atoms. The van der Waals surface area contributed by atoms with Crippen molar-refractivity contribution in [2.45, 2.75) is 50.4 Å². The fourth-order valence-corrected chi connectivity index (χ4v) is 5.09. The van der Waals surface area contributed by atoms with E-state index < -0.39 is 28.7 Å². The first-order valence-electron chi connectivity index (χ1n) is 9.90. The van der Waals surface area contributed by atoms with Crippen LogP contribution in [-0.4, -0.2) is 40.0 Å². The first-order valence-corrected chi connectivity index (χ1v) is 9.90. The number of alkyl halides is 3. The van der Waals surface area contributed by atoms with Gasteiger partial charge in [0.25, 0.3) is 5.91 Å². The number of amides is 1. The van der Waals surface area contributed by atoms with E-state index in [0.29, 0.717) is 25.9 Å². The highest BCUT2D eigenvalue weighted by molar-refractivity contribution is 5.96. The van der Waals surface area contributed by atoms with Gasteiger partial charge >= 0.3 is 6.18 Å². The topological polar surface area (TPSA) is 36.4 Å². The van der Waals surface area contributed by atoms with Crippen LogP contribution in [-0.2, 0) is 6.18 Å². The smallest absolute Gasteiger partial charge is 0.364 e. The van der Waals surface area contributed by atoms with Crippen LogP contribution in [0.25, 0.3) is 0 Å². The first-order chi connectivity index (χ1) is 14.0. The second-order valence-corrected chi connectivity index (χ2v) is 8.76. The van der Waals surface area contributed by atoms with Gasteiger partial charge in [-0.1, -0.05) is 0 Å². The molecular formula is C22H23F4N3O. The molecule has 1 aromatic heterocycles. The van der Waals surface area contributed by atoms with E-state index >= 15 is 0 Å². The molecule has 2 saturated heterocycles. The van der Waals surface area contributed by atoms with E-state index in [1.807, 2.05) is 13.8 Å². The van der Waals surface area contributed by atoms with Crippen molar-refractivity contribution < 1.29 is 22.4 Å². The maximum atomic E-state index is 13.5. The van der Waals surface area contributed by atoms with Gasteiger partial charge in [-0.3, -0.25) is 9.78 Å². The lowest BCUT2D eigenvalue weighted by Crippen LogP contribution is -2.49. The summed E-state index contributed by atoms with van der Waals surface area (Å²) in [6, 6.07) is 7.01. The van der Waals surface area contributed by atoms with Crippen LogP contribution in [0.1, 0.15) is 49.0 Å². The number of aromatic nitrogens is 1. The minimum atomic E-state index is -4.63. The van der Waals surface area contributed by atoms with E-state index in [9.17, 15) is 22.4 Å². The zero-order chi connectivity index (χ0) is 21.7. The van der Waals surface area contributed by atoms with Crippen LogP contribution in [0.3, 0.4) is 0 Å². The minimum Gasteiger partial charge on any atom is -0.364 e. The van der Waals surface area contributed by atoms with E-state index in [0.717, 1.165) is 30.6 Å². The highest BCUT2D eigenvalue weighted by atomic mass is 19.4. The molecule has 8 heteroatoms. The Hall–Kier alpha value is -2.64. The van der Waals surface area contributed by atoms with Gasteiger partial charge in [-0.2, -0.15) is 13.2 Å². The van der Waals surface area contributed by atoms with Crippen molar-refractivity contribution in [3.8, 4) is 0 Å². The molecule has 0 aliphatic carbocycles. The van der Waals surface area contributed by atoms with Crippen LogP contribution < -0.4 is 4.90 Å². The fourth-order valence-electron chi connectivity index (χ4n) is 5.09. The van der Waals surface area contributed by atoms with Crippen LogP contribution in [0.15, 0.2) is 42.7 Å². The van der Waals surface area contributed by atoms with Crippen molar-refractivity contribution >= 4 is 11.6 Å². The molecule has 2 aliphatic heterocycles. The summed E-state index contributed by atoms with van der Waals surface area (Å²) in [6.45, 7) is 4.96. The fraction of sp³-hybridized carbons (Fsp3) is 0.455. The van der Waals surface area contributed by atoms with Gasteiger partial charge < -0.3 is 9.80 Å². The van der Waals surface area contributed by atoms with Gasteiger partial charge in [-0.05, 0) is 63.4 Å². The molecule has 3 heterocycles. The summed E-state index contributed by atoms with van der Waals surface area (Å²) in [5.74, 6) is -0.968. The molecule has 0 bridgehead atoms. The van der Waals surface area contributed by atoms with Gasteiger partial charge in [0.1, 0.15) is 5.82 Å². The largest absolute Gasteiger partial charge is 0.417 e. The summed E-state index contributed by atoms with van der Waals surface area (Å²) in [6.07, 6.45) is -0.522. The Morgan fingerprint density at radius 2 is 1.83 bits per heavy atom. The number of rotatable bonds is 2. The number of benzene rings is 1. The van der Waals surface area contributed by atoms with Crippen molar-refractivity contribution in [2.75, 3.05) is 18.0 Å². The van der Waals surface area contributed by atoms with Gasteiger partial charge in [0.2, 0.25) is 0 Å². The lowest BCUT2D eigenvalue weighted by atomic mass is 9.87. The standard InChI is InChI=1S/C22H23F4N3O/c1-20(2)13-21(14-29(20)16-6-4-15(23)5-7-16)9-3-11-28(21)19(30)17-12-27-10-8-18(17)22(24,25)26/h4-8,10,12H,3,9,11,13-14H2,1-2H3. The Kier molecular flexibility index (Phi) is 4.78. The normalized spacial score (nSPS) is 23.4. The van der Waals surface area contributed by atoms with Crippen LogP contribution >= 0.6 is 0 Å². The summed E-state index contributed by atoms with van der Waals surface area (Å²) in [5, 5.41) is 0. The average Bonchev–Trinajstić information content (AvgIpc) is 3.20. The van der Waals surface area contributed by atoms with E-state index in [1.54, 1.807) is 17.0 Å². The van der Waals surface area contributed by atoms with Gasteiger partial charge in [0.15, 0.2) is 0 Å². The Morgan fingerprint density at radius 3 is 2.50 bits per heavy atom. The predicted octanol–water partition coefficient (Wildman–Crippen LogP) is 4.90. The summed E-state index contributed by atoms with van der Waals surface area (Å²) >= 11 is 0. The molecular weight excluding hydrogens is 398 g/mol. The molecule has 0 N–H and O–H groups in total. The van der Waals surface area contributed by atoms with Gasteiger partial charge in [-0.15, -0.1) is 0 Å². The van der Waals surface area contributed by atoms with Crippen molar-refractivity contribution in [2.24, 2.45) is 0 Å². The number of likely N-dealkylation sites (tertiary alicyclic amines) is 1. The second kappa shape index (κ2) is 6.96. The Bertz CT molecular complexity index is 958. The third-order valence-corrected chi connectivity index (χ3v) is 6.28.